The third kappa shape index (κ3) is 3.22. The van der Waals surface area contributed by atoms with Gasteiger partial charge < -0.3 is 9.73 Å². The maximum absolute atomic E-state index is 12.0. The Morgan fingerprint density at radius 3 is 2.74 bits per heavy atom. The zero-order chi connectivity index (χ0) is 13.7. The fraction of sp³-hybridized carbons (Fsp3) is 0.333. The van der Waals surface area contributed by atoms with E-state index in [2.05, 4.69) is 17.2 Å². The molecule has 0 saturated carbocycles. The van der Waals surface area contributed by atoms with Gasteiger partial charge in [0.05, 0.1) is 0 Å². The van der Waals surface area contributed by atoms with Crippen LogP contribution in [0.15, 0.2) is 34.7 Å². The molecule has 0 aliphatic carbocycles. The molecule has 4 nitrogen and oxygen atoms in total. The Bertz CT molecular complexity index is 547. The van der Waals surface area contributed by atoms with Gasteiger partial charge in [0.15, 0.2) is 5.69 Å². The summed E-state index contributed by atoms with van der Waals surface area (Å²) in [7, 11) is 0. The molecule has 0 aliphatic rings. The molecule has 1 aromatic heterocycles. The molecule has 2 rings (SSSR count). The number of aryl methyl sites for hydroxylation is 1. The molecule has 0 fully saturated rings. The van der Waals surface area contributed by atoms with Gasteiger partial charge in [-0.2, -0.15) is 0 Å². The van der Waals surface area contributed by atoms with Crippen LogP contribution in [-0.2, 0) is 0 Å². The van der Waals surface area contributed by atoms with Crippen molar-refractivity contribution in [3.63, 3.8) is 0 Å². The van der Waals surface area contributed by atoms with Crippen molar-refractivity contribution in [3.8, 4) is 11.5 Å². The number of amides is 1. The highest BCUT2D eigenvalue weighted by molar-refractivity contribution is 5.93. The van der Waals surface area contributed by atoms with E-state index < -0.39 is 0 Å². The molecule has 0 spiro atoms. The molecular formula is C15H18N2O2. The molecule has 0 radical (unpaired) electrons. The molecule has 0 atom stereocenters. The normalized spacial score (nSPS) is 10.4. The van der Waals surface area contributed by atoms with Crippen molar-refractivity contribution >= 4 is 5.91 Å². The van der Waals surface area contributed by atoms with E-state index in [-0.39, 0.29) is 5.91 Å². The van der Waals surface area contributed by atoms with Crippen molar-refractivity contribution in [2.75, 3.05) is 6.54 Å². The third-order valence-electron chi connectivity index (χ3n) is 2.85. The number of carbonyl (C=O) groups excluding carboxylic acids is 1. The molecule has 4 heteroatoms. The topological polar surface area (TPSA) is 55.1 Å². The standard InChI is InChI=1S/C15H18N2O2/c1-3-4-10-16-14(18)13-11(2)19-15(17-13)12-8-6-5-7-9-12/h5-9H,3-4,10H2,1-2H3,(H,16,18). The number of benzene rings is 1. The molecule has 0 aliphatic heterocycles. The summed E-state index contributed by atoms with van der Waals surface area (Å²) in [5.74, 6) is 0.864. The largest absolute Gasteiger partial charge is 0.441 e. The van der Waals surface area contributed by atoms with Gasteiger partial charge in [0.1, 0.15) is 5.76 Å². The second kappa shape index (κ2) is 6.18. The predicted molar refractivity (Wildman–Crippen MR) is 73.9 cm³/mol. The van der Waals surface area contributed by atoms with E-state index in [0.717, 1.165) is 18.4 Å². The van der Waals surface area contributed by atoms with Crippen molar-refractivity contribution in [1.82, 2.24) is 10.3 Å². The molecule has 100 valence electrons. The summed E-state index contributed by atoms with van der Waals surface area (Å²) in [5.41, 5.74) is 1.24. The van der Waals surface area contributed by atoms with Gasteiger partial charge >= 0.3 is 0 Å². The summed E-state index contributed by atoms with van der Waals surface area (Å²) in [4.78, 5) is 16.2. The van der Waals surface area contributed by atoms with E-state index in [1.807, 2.05) is 30.3 Å². The zero-order valence-electron chi connectivity index (χ0n) is 11.3. The van der Waals surface area contributed by atoms with Crippen LogP contribution in [0.1, 0.15) is 36.0 Å². The lowest BCUT2D eigenvalue weighted by atomic mass is 10.2. The van der Waals surface area contributed by atoms with Crippen LogP contribution in [0.4, 0.5) is 0 Å². The van der Waals surface area contributed by atoms with Crippen LogP contribution in [0.25, 0.3) is 11.5 Å². The fourth-order valence-corrected chi connectivity index (χ4v) is 1.77. The number of hydrogen-bond acceptors (Lipinski definition) is 3. The highest BCUT2D eigenvalue weighted by Crippen LogP contribution is 2.21. The highest BCUT2D eigenvalue weighted by Gasteiger charge is 2.17. The van der Waals surface area contributed by atoms with E-state index >= 15 is 0 Å². The molecule has 1 amide bonds. The Labute approximate surface area is 112 Å². The average molecular weight is 258 g/mol. The van der Waals surface area contributed by atoms with Crippen molar-refractivity contribution in [2.24, 2.45) is 0 Å². The highest BCUT2D eigenvalue weighted by atomic mass is 16.4. The minimum Gasteiger partial charge on any atom is -0.441 e. The van der Waals surface area contributed by atoms with Gasteiger partial charge in [0.2, 0.25) is 5.89 Å². The third-order valence-corrected chi connectivity index (χ3v) is 2.85. The lowest BCUT2D eigenvalue weighted by molar-refractivity contribution is 0.0947. The quantitative estimate of drug-likeness (QED) is 0.838. The number of rotatable bonds is 5. The summed E-state index contributed by atoms with van der Waals surface area (Å²) < 4.78 is 5.56. The summed E-state index contributed by atoms with van der Waals surface area (Å²) in [6.07, 6.45) is 2.02. The van der Waals surface area contributed by atoms with Gasteiger partial charge in [0, 0.05) is 12.1 Å². The number of aromatic nitrogens is 1. The lowest BCUT2D eigenvalue weighted by Gasteiger charge is -2.00. The second-order valence-corrected chi connectivity index (χ2v) is 4.40. The van der Waals surface area contributed by atoms with Gasteiger partial charge in [-0.05, 0) is 25.5 Å². The monoisotopic (exact) mass is 258 g/mol. The lowest BCUT2D eigenvalue weighted by Crippen LogP contribution is -2.25. The van der Waals surface area contributed by atoms with Crippen LogP contribution in [0, 0.1) is 6.92 Å². The minimum atomic E-state index is -0.170. The van der Waals surface area contributed by atoms with Crippen LogP contribution in [0.2, 0.25) is 0 Å². The molecule has 19 heavy (non-hydrogen) atoms. The first-order chi connectivity index (χ1) is 9.22. The molecule has 0 unspecified atom stereocenters. The van der Waals surface area contributed by atoms with Gasteiger partial charge in [-0.1, -0.05) is 31.5 Å². The SMILES string of the molecule is CCCCNC(=O)c1nc(-c2ccccc2)oc1C. The molecule has 2 aromatic rings. The molecule has 1 heterocycles. The van der Waals surface area contributed by atoms with Crippen LogP contribution in [0.5, 0.6) is 0 Å². The number of oxazole rings is 1. The summed E-state index contributed by atoms with van der Waals surface area (Å²) in [6, 6.07) is 9.57. The van der Waals surface area contributed by atoms with Gasteiger partial charge in [-0.25, -0.2) is 4.98 Å². The van der Waals surface area contributed by atoms with E-state index in [0.29, 0.717) is 23.9 Å². The molecule has 0 saturated heterocycles. The first-order valence-electron chi connectivity index (χ1n) is 6.53. The first kappa shape index (κ1) is 13.3. The van der Waals surface area contributed by atoms with Crippen LogP contribution in [-0.4, -0.2) is 17.4 Å². The fourth-order valence-electron chi connectivity index (χ4n) is 1.77. The summed E-state index contributed by atoms with van der Waals surface area (Å²) in [5, 5.41) is 2.84. The number of hydrogen-bond donors (Lipinski definition) is 1. The van der Waals surface area contributed by atoms with Crippen LogP contribution < -0.4 is 5.32 Å². The van der Waals surface area contributed by atoms with Crippen molar-refractivity contribution in [3.05, 3.63) is 41.8 Å². The van der Waals surface area contributed by atoms with E-state index in [1.165, 1.54) is 0 Å². The van der Waals surface area contributed by atoms with Gasteiger partial charge in [-0.15, -0.1) is 0 Å². The predicted octanol–water partition coefficient (Wildman–Crippen LogP) is 3.18. The van der Waals surface area contributed by atoms with Gasteiger partial charge in [-0.3, -0.25) is 4.79 Å². The molecule has 1 aromatic carbocycles. The van der Waals surface area contributed by atoms with Gasteiger partial charge in [0.25, 0.3) is 5.91 Å². The van der Waals surface area contributed by atoms with Crippen molar-refractivity contribution < 1.29 is 9.21 Å². The maximum atomic E-state index is 12.0. The Kier molecular flexibility index (Phi) is 4.34. The van der Waals surface area contributed by atoms with Crippen molar-refractivity contribution in [2.45, 2.75) is 26.7 Å². The molecule has 0 bridgehead atoms. The second-order valence-electron chi connectivity index (χ2n) is 4.40. The average Bonchev–Trinajstić information content (AvgIpc) is 2.82. The Morgan fingerprint density at radius 1 is 1.32 bits per heavy atom. The molecule has 1 N–H and O–H groups in total. The summed E-state index contributed by atoms with van der Waals surface area (Å²) in [6.45, 7) is 4.51. The summed E-state index contributed by atoms with van der Waals surface area (Å²) >= 11 is 0. The minimum absolute atomic E-state index is 0.170. The Hall–Kier alpha value is -2.10. The Morgan fingerprint density at radius 2 is 2.05 bits per heavy atom. The van der Waals surface area contributed by atoms with E-state index in [4.69, 9.17) is 4.42 Å². The number of nitrogens with zero attached hydrogens (tertiary/aromatic N) is 1. The van der Waals surface area contributed by atoms with Crippen LogP contribution in [0.3, 0.4) is 0 Å². The number of carbonyl (C=O) groups is 1. The Balaban J connectivity index is 2.15. The smallest absolute Gasteiger partial charge is 0.273 e. The van der Waals surface area contributed by atoms with Crippen LogP contribution >= 0.6 is 0 Å². The molecular weight excluding hydrogens is 240 g/mol. The maximum Gasteiger partial charge on any atom is 0.273 e. The first-order valence-corrected chi connectivity index (χ1v) is 6.53. The van der Waals surface area contributed by atoms with Crippen molar-refractivity contribution in [1.29, 1.82) is 0 Å². The zero-order valence-corrected chi connectivity index (χ0v) is 11.3. The van der Waals surface area contributed by atoms with E-state index in [1.54, 1.807) is 6.92 Å². The number of unbranched alkanes of at least 4 members (excludes halogenated alkanes) is 1. The number of nitrogens with one attached hydrogen (secondary N) is 1. The van der Waals surface area contributed by atoms with E-state index in [9.17, 15) is 4.79 Å².